The zero-order valence-corrected chi connectivity index (χ0v) is 26.1. The molecule has 0 amide bonds. The Hall–Kier alpha value is -2.39. The van der Waals surface area contributed by atoms with Gasteiger partial charge in [0.15, 0.2) is 11.5 Å². The smallest absolute Gasteiger partial charge is 0.402 e. The summed E-state index contributed by atoms with van der Waals surface area (Å²) in [6.07, 6.45) is 4.58. The highest BCUT2D eigenvalue weighted by Crippen LogP contribution is 2.52. The largest absolute Gasteiger partial charge is 0.493 e. The third kappa shape index (κ3) is 7.66. The molecule has 1 aromatic carbocycles. The van der Waals surface area contributed by atoms with Crippen LogP contribution in [-0.4, -0.2) is 64.3 Å². The van der Waals surface area contributed by atoms with E-state index in [1.54, 1.807) is 55.8 Å². The van der Waals surface area contributed by atoms with Crippen molar-refractivity contribution in [2.45, 2.75) is 72.3 Å². The minimum Gasteiger partial charge on any atom is -0.493 e. The number of rotatable bonds is 11. The molecule has 1 saturated heterocycles. The fourth-order valence-electron chi connectivity index (χ4n) is 4.80. The molecule has 224 valence electrons. The number of allylic oxidation sites excluding steroid dienone is 1. The second kappa shape index (κ2) is 13.1. The monoisotopic (exact) mass is 581 g/mol. The fourth-order valence-corrected chi connectivity index (χ4v) is 5.60. The quantitative estimate of drug-likeness (QED) is 0.184. The zero-order valence-electron chi connectivity index (χ0n) is 25.2. The van der Waals surface area contributed by atoms with Crippen LogP contribution in [0.4, 0.5) is 0 Å². The van der Waals surface area contributed by atoms with E-state index in [-0.39, 0.29) is 25.0 Å². The van der Waals surface area contributed by atoms with Gasteiger partial charge in [0, 0.05) is 17.9 Å². The molecule has 1 heterocycles. The maximum absolute atomic E-state index is 12.2. The SMILES string of the molecule is COc1ccc(C23CCC(OP(OCOC(=O)C(C)(C)C)OCOC(=O)C(C)(C)C)=CC2N(C)CC3)cc1OC. The summed E-state index contributed by atoms with van der Waals surface area (Å²) in [5.41, 5.74) is -0.283. The van der Waals surface area contributed by atoms with E-state index < -0.39 is 31.4 Å². The molecule has 11 heteroatoms. The van der Waals surface area contributed by atoms with Gasteiger partial charge in [0.2, 0.25) is 13.6 Å². The van der Waals surface area contributed by atoms with E-state index in [0.717, 1.165) is 19.4 Å². The van der Waals surface area contributed by atoms with Gasteiger partial charge in [0.25, 0.3) is 0 Å². The molecule has 2 unspecified atom stereocenters. The van der Waals surface area contributed by atoms with Crippen molar-refractivity contribution >= 4 is 20.5 Å². The summed E-state index contributed by atoms with van der Waals surface area (Å²) in [6.45, 7) is 10.8. The van der Waals surface area contributed by atoms with Gasteiger partial charge in [-0.25, -0.2) is 0 Å². The van der Waals surface area contributed by atoms with Gasteiger partial charge in [0.1, 0.15) is 5.76 Å². The first-order chi connectivity index (χ1) is 18.7. The van der Waals surface area contributed by atoms with Gasteiger partial charge in [-0.3, -0.25) is 23.5 Å². The Balaban J connectivity index is 1.76. The van der Waals surface area contributed by atoms with Crippen LogP contribution in [0.25, 0.3) is 0 Å². The lowest BCUT2D eigenvalue weighted by Gasteiger charge is -2.40. The number of carbonyl (C=O) groups excluding carboxylic acids is 2. The van der Waals surface area contributed by atoms with Crippen LogP contribution in [0.3, 0.4) is 0 Å². The van der Waals surface area contributed by atoms with E-state index in [1.807, 2.05) is 6.07 Å². The maximum Gasteiger partial charge on any atom is 0.402 e. The second-order valence-electron chi connectivity index (χ2n) is 12.2. The van der Waals surface area contributed by atoms with Crippen LogP contribution in [0.5, 0.6) is 11.5 Å². The van der Waals surface area contributed by atoms with E-state index >= 15 is 0 Å². The molecule has 0 saturated carbocycles. The van der Waals surface area contributed by atoms with E-state index in [1.165, 1.54) is 5.56 Å². The number of nitrogens with zero attached hydrogens (tertiary/aromatic N) is 1. The molecule has 2 atom stereocenters. The normalized spacial score (nSPS) is 21.4. The number of ether oxygens (including phenoxy) is 4. The van der Waals surface area contributed by atoms with Gasteiger partial charge < -0.3 is 23.5 Å². The summed E-state index contributed by atoms with van der Waals surface area (Å²) in [5.74, 6) is 1.29. The molecule has 3 rings (SSSR count). The van der Waals surface area contributed by atoms with Crippen LogP contribution < -0.4 is 9.47 Å². The number of likely N-dealkylation sites (tertiary alicyclic amines) is 1. The molecule has 1 aliphatic carbocycles. The Bertz CT molecular complexity index is 1050. The van der Waals surface area contributed by atoms with Crippen molar-refractivity contribution in [1.29, 1.82) is 0 Å². The van der Waals surface area contributed by atoms with Crippen molar-refractivity contribution in [3.63, 3.8) is 0 Å². The van der Waals surface area contributed by atoms with Crippen LogP contribution in [-0.2, 0) is 38.0 Å². The Morgan fingerprint density at radius 1 is 0.925 bits per heavy atom. The van der Waals surface area contributed by atoms with Crippen molar-refractivity contribution in [1.82, 2.24) is 4.90 Å². The van der Waals surface area contributed by atoms with Gasteiger partial charge in [-0.05, 0) is 91.7 Å². The fraction of sp³-hybridized carbons (Fsp3) is 0.655. The lowest BCUT2D eigenvalue weighted by atomic mass is 9.68. The number of hydrogen-bond acceptors (Lipinski definition) is 10. The Labute approximate surface area is 239 Å². The van der Waals surface area contributed by atoms with E-state index in [2.05, 4.69) is 30.2 Å². The van der Waals surface area contributed by atoms with Gasteiger partial charge in [-0.1, -0.05) is 6.07 Å². The summed E-state index contributed by atoms with van der Waals surface area (Å²) in [7, 11) is 3.36. The van der Waals surface area contributed by atoms with Gasteiger partial charge in [-0.15, -0.1) is 0 Å². The van der Waals surface area contributed by atoms with E-state index in [4.69, 9.17) is 32.5 Å². The average Bonchev–Trinajstić information content (AvgIpc) is 3.23. The van der Waals surface area contributed by atoms with E-state index in [0.29, 0.717) is 23.7 Å². The molecule has 0 N–H and O–H groups in total. The number of fused-ring (bicyclic) bond motifs is 1. The van der Waals surface area contributed by atoms with E-state index in [9.17, 15) is 9.59 Å². The molecular formula is C29H44NO9P. The summed E-state index contributed by atoms with van der Waals surface area (Å²) in [6, 6.07) is 6.20. The zero-order chi connectivity index (χ0) is 29.7. The van der Waals surface area contributed by atoms with Crippen LogP contribution in [0.1, 0.15) is 66.4 Å². The second-order valence-corrected chi connectivity index (χ2v) is 13.4. The number of likely N-dealkylation sites (N-methyl/N-ethyl adjacent to an activating group) is 1. The van der Waals surface area contributed by atoms with Crippen molar-refractivity contribution in [2.24, 2.45) is 10.8 Å². The van der Waals surface area contributed by atoms with Gasteiger partial charge in [0.05, 0.1) is 25.0 Å². The van der Waals surface area contributed by atoms with Crippen LogP contribution in [0.15, 0.2) is 30.0 Å². The number of carbonyl (C=O) groups is 2. The first-order valence-electron chi connectivity index (χ1n) is 13.4. The summed E-state index contributed by atoms with van der Waals surface area (Å²) >= 11 is 0. The summed E-state index contributed by atoms with van der Waals surface area (Å²) in [5, 5.41) is 0. The topological polar surface area (TPSA) is 102 Å². The highest BCUT2D eigenvalue weighted by atomic mass is 31.2. The Kier molecular flexibility index (Phi) is 10.5. The minimum absolute atomic E-state index is 0.0728. The van der Waals surface area contributed by atoms with Crippen molar-refractivity contribution in [2.75, 3.05) is 41.4 Å². The number of esters is 2. The van der Waals surface area contributed by atoms with Crippen LogP contribution >= 0.6 is 8.60 Å². The van der Waals surface area contributed by atoms with Crippen molar-refractivity contribution < 1.29 is 42.1 Å². The van der Waals surface area contributed by atoms with Crippen molar-refractivity contribution in [3.05, 3.63) is 35.6 Å². The first-order valence-corrected chi connectivity index (χ1v) is 14.5. The molecule has 40 heavy (non-hydrogen) atoms. The highest BCUT2D eigenvalue weighted by molar-refractivity contribution is 7.41. The average molecular weight is 582 g/mol. The minimum atomic E-state index is -2.01. The molecule has 0 aromatic heterocycles. The van der Waals surface area contributed by atoms with Gasteiger partial charge >= 0.3 is 20.5 Å². The number of methoxy groups -OCH3 is 2. The highest BCUT2D eigenvalue weighted by Gasteiger charge is 2.49. The molecule has 0 radical (unpaired) electrons. The Morgan fingerprint density at radius 2 is 1.50 bits per heavy atom. The lowest BCUT2D eigenvalue weighted by Crippen LogP contribution is -2.42. The molecule has 1 aliphatic heterocycles. The maximum atomic E-state index is 12.2. The summed E-state index contributed by atoms with van der Waals surface area (Å²) in [4.78, 5) is 26.7. The predicted molar refractivity (Wildman–Crippen MR) is 151 cm³/mol. The Morgan fingerprint density at radius 3 is 2.02 bits per heavy atom. The van der Waals surface area contributed by atoms with Gasteiger partial charge in [-0.2, -0.15) is 0 Å². The molecule has 1 aromatic rings. The third-order valence-corrected chi connectivity index (χ3v) is 8.20. The molecule has 10 nitrogen and oxygen atoms in total. The molecule has 0 spiro atoms. The molecule has 2 aliphatic rings. The lowest BCUT2D eigenvalue weighted by molar-refractivity contribution is -0.162. The van der Waals surface area contributed by atoms with Crippen LogP contribution in [0.2, 0.25) is 0 Å². The standard InChI is InChI=1S/C29H44NO9P/c1-27(2,3)25(31)35-18-37-40(38-19-36-26(32)28(4,5)6)39-21-12-13-29(14-15-30(7)24(29)17-21)20-10-11-22(33-8)23(16-20)34-9/h10-11,16-17,24H,12-15,18-19H2,1-9H3. The third-order valence-electron chi connectivity index (χ3n) is 7.18. The number of benzene rings is 1. The first kappa shape index (κ1) is 32.1. The van der Waals surface area contributed by atoms with Crippen LogP contribution in [0, 0.1) is 10.8 Å². The predicted octanol–water partition coefficient (Wildman–Crippen LogP) is 5.69. The summed E-state index contributed by atoms with van der Waals surface area (Å²) < 4.78 is 39.1. The van der Waals surface area contributed by atoms with Crippen molar-refractivity contribution in [3.8, 4) is 11.5 Å². The molecule has 0 bridgehead atoms. The molecule has 1 fully saturated rings. The number of hydrogen-bond donors (Lipinski definition) is 0. The molecular weight excluding hydrogens is 537 g/mol.